The van der Waals surface area contributed by atoms with E-state index in [2.05, 4.69) is 10.1 Å². The summed E-state index contributed by atoms with van der Waals surface area (Å²) in [6, 6.07) is 4.58. The Morgan fingerprint density at radius 3 is 2.27 bits per heavy atom. The van der Waals surface area contributed by atoms with Crippen molar-refractivity contribution in [2.75, 3.05) is 13.7 Å². The standard InChI is InChI=1S/C17H21F2NO5S/c1-10(2)8-13(16(23)24-3)20-14(21)9-25-15(22)11-4-6-12(7-5-11)26-17(18)19/h4-7,10,13,17H,8-9H2,1-3H3,(H,20,21). The number of benzene rings is 1. The van der Waals surface area contributed by atoms with Crippen LogP contribution in [-0.2, 0) is 19.1 Å². The van der Waals surface area contributed by atoms with Crippen LogP contribution in [0.3, 0.4) is 0 Å². The van der Waals surface area contributed by atoms with Gasteiger partial charge in [-0.25, -0.2) is 9.59 Å². The third-order valence-electron chi connectivity index (χ3n) is 3.18. The average Bonchev–Trinajstić information content (AvgIpc) is 2.58. The van der Waals surface area contributed by atoms with Gasteiger partial charge in [-0.05, 0) is 36.6 Å². The number of carbonyl (C=O) groups is 3. The molecule has 26 heavy (non-hydrogen) atoms. The molecule has 0 bridgehead atoms. The molecular formula is C17H21F2NO5S. The fourth-order valence-corrected chi connectivity index (χ4v) is 2.55. The molecule has 0 spiro atoms. The number of hydrogen-bond donors (Lipinski definition) is 1. The molecule has 0 aliphatic rings. The maximum atomic E-state index is 12.2. The van der Waals surface area contributed by atoms with Crippen LogP contribution in [0.5, 0.6) is 0 Å². The molecule has 1 N–H and O–H groups in total. The van der Waals surface area contributed by atoms with Crippen molar-refractivity contribution < 1.29 is 32.6 Å². The number of alkyl halides is 2. The molecule has 0 aliphatic carbocycles. The number of ether oxygens (including phenoxy) is 2. The van der Waals surface area contributed by atoms with Gasteiger partial charge in [0.05, 0.1) is 12.7 Å². The zero-order chi connectivity index (χ0) is 19.7. The molecule has 144 valence electrons. The molecule has 0 saturated heterocycles. The third-order valence-corrected chi connectivity index (χ3v) is 3.90. The molecule has 1 rings (SSSR count). The first-order valence-corrected chi connectivity index (χ1v) is 8.70. The minimum Gasteiger partial charge on any atom is -0.467 e. The molecule has 6 nitrogen and oxygen atoms in total. The van der Waals surface area contributed by atoms with Crippen LogP contribution in [0.2, 0.25) is 0 Å². The smallest absolute Gasteiger partial charge is 0.338 e. The number of methoxy groups -OCH3 is 1. The Kier molecular flexibility index (Phi) is 9.04. The number of rotatable bonds is 9. The van der Waals surface area contributed by atoms with E-state index in [-0.39, 0.29) is 11.5 Å². The summed E-state index contributed by atoms with van der Waals surface area (Å²) < 4.78 is 34.0. The van der Waals surface area contributed by atoms with Gasteiger partial charge in [-0.3, -0.25) is 4.79 Å². The number of carbonyl (C=O) groups excluding carboxylic acids is 3. The summed E-state index contributed by atoms with van der Waals surface area (Å²) in [5, 5.41) is 2.46. The van der Waals surface area contributed by atoms with Gasteiger partial charge in [0.2, 0.25) is 0 Å². The Hall–Kier alpha value is -2.16. The Bertz CT molecular complexity index is 622. The molecule has 1 unspecified atom stereocenters. The van der Waals surface area contributed by atoms with E-state index in [0.717, 1.165) is 0 Å². The zero-order valence-corrected chi connectivity index (χ0v) is 15.5. The fourth-order valence-electron chi connectivity index (χ4n) is 2.05. The summed E-state index contributed by atoms with van der Waals surface area (Å²) in [5.41, 5.74) is 0.128. The van der Waals surface area contributed by atoms with Gasteiger partial charge in [-0.15, -0.1) is 0 Å². The highest BCUT2D eigenvalue weighted by molar-refractivity contribution is 7.99. The topological polar surface area (TPSA) is 81.7 Å². The van der Waals surface area contributed by atoms with Gasteiger partial charge in [0, 0.05) is 4.90 Å². The van der Waals surface area contributed by atoms with Crippen molar-refractivity contribution in [1.82, 2.24) is 5.32 Å². The van der Waals surface area contributed by atoms with E-state index in [0.29, 0.717) is 23.1 Å². The maximum Gasteiger partial charge on any atom is 0.338 e. The van der Waals surface area contributed by atoms with Crippen molar-refractivity contribution in [3.63, 3.8) is 0 Å². The average molecular weight is 389 g/mol. The fraction of sp³-hybridized carbons (Fsp3) is 0.471. The Labute approximate surface area is 154 Å². The number of hydrogen-bond acceptors (Lipinski definition) is 6. The second-order valence-corrected chi connectivity index (χ2v) is 6.82. The van der Waals surface area contributed by atoms with Gasteiger partial charge in [0.1, 0.15) is 6.04 Å². The van der Waals surface area contributed by atoms with E-state index in [9.17, 15) is 23.2 Å². The number of nitrogens with one attached hydrogen (secondary N) is 1. The molecule has 0 radical (unpaired) electrons. The highest BCUT2D eigenvalue weighted by atomic mass is 32.2. The zero-order valence-electron chi connectivity index (χ0n) is 14.7. The SMILES string of the molecule is COC(=O)C(CC(C)C)NC(=O)COC(=O)c1ccc(SC(F)F)cc1. The molecule has 1 amide bonds. The Balaban J connectivity index is 2.54. The van der Waals surface area contributed by atoms with E-state index in [1.807, 2.05) is 13.8 Å². The summed E-state index contributed by atoms with van der Waals surface area (Å²) in [6.45, 7) is 3.20. The highest BCUT2D eigenvalue weighted by Gasteiger charge is 2.23. The lowest BCUT2D eigenvalue weighted by molar-refractivity contribution is -0.145. The van der Waals surface area contributed by atoms with Crippen LogP contribution in [-0.4, -0.2) is 43.4 Å². The van der Waals surface area contributed by atoms with Crippen LogP contribution in [0.4, 0.5) is 8.78 Å². The summed E-state index contributed by atoms with van der Waals surface area (Å²) in [7, 11) is 1.22. The quantitative estimate of drug-likeness (QED) is 0.517. The van der Waals surface area contributed by atoms with Gasteiger partial charge in [-0.2, -0.15) is 8.78 Å². The van der Waals surface area contributed by atoms with Crippen LogP contribution < -0.4 is 5.32 Å². The van der Waals surface area contributed by atoms with Crippen molar-refractivity contribution in [1.29, 1.82) is 0 Å². The summed E-state index contributed by atoms with van der Waals surface area (Å²) in [4.78, 5) is 35.7. The largest absolute Gasteiger partial charge is 0.467 e. The lowest BCUT2D eigenvalue weighted by Crippen LogP contribution is -2.44. The van der Waals surface area contributed by atoms with Crippen LogP contribution in [0.1, 0.15) is 30.6 Å². The van der Waals surface area contributed by atoms with Crippen molar-refractivity contribution in [2.24, 2.45) is 5.92 Å². The Morgan fingerprint density at radius 1 is 1.15 bits per heavy atom. The number of thioether (sulfide) groups is 1. The van der Waals surface area contributed by atoms with Crippen molar-refractivity contribution in [3.05, 3.63) is 29.8 Å². The van der Waals surface area contributed by atoms with Gasteiger partial charge in [0.25, 0.3) is 11.7 Å². The van der Waals surface area contributed by atoms with Gasteiger partial charge >= 0.3 is 11.9 Å². The summed E-state index contributed by atoms with van der Waals surface area (Å²) in [5.74, 6) is -4.39. The van der Waals surface area contributed by atoms with Gasteiger partial charge in [-0.1, -0.05) is 25.6 Å². The second kappa shape index (κ2) is 10.7. The number of amides is 1. The predicted molar refractivity (Wildman–Crippen MR) is 92.0 cm³/mol. The van der Waals surface area contributed by atoms with Crippen LogP contribution in [0.15, 0.2) is 29.2 Å². The summed E-state index contributed by atoms with van der Waals surface area (Å²) >= 11 is 0.360. The molecule has 0 aromatic heterocycles. The van der Waals surface area contributed by atoms with E-state index in [1.54, 1.807) is 0 Å². The van der Waals surface area contributed by atoms with E-state index < -0.39 is 36.3 Å². The highest BCUT2D eigenvalue weighted by Crippen LogP contribution is 2.25. The van der Waals surface area contributed by atoms with Crippen molar-refractivity contribution in [3.8, 4) is 0 Å². The molecule has 1 aromatic carbocycles. The number of esters is 2. The summed E-state index contributed by atoms with van der Waals surface area (Å²) in [6.07, 6.45) is 0.385. The third kappa shape index (κ3) is 7.81. The molecule has 0 heterocycles. The van der Waals surface area contributed by atoms with E-state index >= 15 is 0 Å². The van der Waals surface area contributed by atoms with Crippen LogP contribution in [0.25, 0.3) is 0 Å². The molecule has 0 fully saturated rings. The normalized spacial score (nSPS) is 12.0. The van der Waals surface area contributed by atoms with Gasteiger partial charge in [0.15, 0.2) is 6.61 Å². The Morgan fingerprint density at radius 2 is 1.77 bits per heavy atom. The second-order valence-electron chi connectivity index (χ2n) is 5.75. The minimum atomic E-state index is -2.55. The molecule has 9 heteroatoms. The van der Waals surface area contributed by atoms with Crippen LogP contribution in [0, 0.1) is 5.92 Å². The van der Waals surface area contributed by atoms with Crippen LogP contribution >= 0.6 is 11.8 Å². The molecular weight excluding hydrogens is 368 g/mol. The lowest BCUT2D eigenvalue weighted by atomic mass is 10.0. The van der Waals surface area contributed by atoms with Crippen molar-refractivity contribution in [2.45, 2.75) is 37.0 Å². The molecule has 0 aliphatic heterocycles. The molecule has 0 saturated carbocycles. The van der Waals surface area contributed by atoms with E-state index in [4.69, 9.17) is 4.74 Å². The molecule has 1 atom stereocenters. The minimum absolute atomic E-state index is 0.128. The van der Waals surface area contributed by atoms with Gasteiger partial charge < -0.3 is 14.8 Å². The first-order chi connectivity index (χ1) is 12.2. The van der Waals surface area contributed by atoms with Crippen molar-refractivity contribution >= 4 is 29.6 Å². The van der Waals surface area contributed by atoms with E-state index in [1.165, 1.54) is 31.4 Å². The monoisotopic (exact) mass is 389 g/mol. The maximum absolute atomic E-state index is 12.2. The first kappa shape index (κ1) is 21.9. The molecule has 1 aromatic rings. The number of halogens is 2. The first-order valence-electron chi connectivity index (χ1n) is 7.82. The predicted octanol–water partition coefficient (Wildman–Crippen LogP) is 2.86. The lowest BCUT2D eigenvalue weighted by Gasteiger charge is -2.18.